The Hall–Kier alpha value is -2.37. The zero-order valence-electron chi connectivity index (χ0n) is 9.43. The molecular weight excluding hydrogens is 220 g/mol. The minimum absolute atomic E-state index is 0.325. The zero-order chi connectivity index (χ0) is 12.7. The van der Waals surface area contributed by atoms with Gasteiger partial charge in [0.2, 0.25) is 5.84 Å². The summed E-state index contributed by atoms with van der Waals surface area (Å²) in [5.41, 5.74) is 5.89. The van der Waals surface area contributed by atoms with Gasteiger partial charge in [-0.1, -0.05) is 12.1 Å². The van der Waals surface area contributed by atoms with Crippen LogP contribution >= 0.6 is 0 Å². The van der Waals surface area contributed by atoms with E-state index in [2.05, 4.69) is 10.3 Å². The lowest BCUT2D eigenvalue weighted by Crippen LogP contribution is -2.29. The fourth-order valence-corrected chi connectivity index (χ4v) is 1.14. The summed E-state index contributed by atoms with van der Waals surface area (Å²) in [6.07, 6.45) is 0.912. The molecule has 1 aromatic rings. The number of nitrogens with two attached hydrogens (primary N) is 1. The predicted octanol–water partition coefficient (Wildman–Crippen LogP) is 0.276. The summed E-state index contributed by atoms with van der Waals surface area (Å²) >= 11 is 0. The molecule has 90 valence electrons. The second-order valence-electron chi connectivity index (χ2n) is 3.16. The number of hydrogen-bond donors (Lipinski definition) is 3. The molecule has 0 bridgehead atoms. The molecule has 0 heterocycles. The highest BCUT2D eigenvalue weighted by molar-refractivity contribution is 6.37. The van der Waals surface area contributed by atoms with Crippen LogP contribution in [-0.2, 0) is 11.3 Å². The normalized spacial score (nSPS) is 10.2. The molecule has 1 amide bonds. The third kappa shape index (κ3) is 3.94. The van der Waals surface area contributed by atoms with E-state index < -0.39 is 11.7 Å². The minimum Gasteiger partial charge on any atom is -0.497 e. The Balaban J connectivity index is 2.50. The summed E-state index contributed by atoms with van der Waals surface area (Å²) in [6.45, 7) is 0.325. The van der Waals surface area contributed by atoms with Gasteiger partial charge >= 0.3 is 0 Å². The van der Waals surface area contributed by atoms with E-state index in [1.165, 1.54) is 0 Å². The van der Waals surface area contributed by atoms with Crippen LogP contribution in [0.5, 0.6) is 5.75 Å². The lowest BCUT2D eigenvalue weighted by Gasteiger charge is -2.05. The Morgan fingerprint density at radius 2 is 2.18 bits per heavy atom. The number of rotatable bonds is 3. The molecule has 0 radical (unpaired) electrons. The molecule has 0 spiro atoms. The third-order valence-corrected chi connectivity index (χ3v) is 2.03. The van der Waals surface area contributed by atoms with Crippen LogP contribution in [0.25, 0.3) is 0 Å². The highest BCUT2D eigenvalue weighted by atomic mass is 16.5. The molecular formula is C11H14N4O2. The number of methoxy groups -OCH3 is 1. The van der Waals surface area contributed by atoms with Gasteiger partial charge < -0.3 is 15.8 Å². The van der Waals surface area contributed by atoms with Crippen LogP contribution in [0.2, 0.25) is 0 Å². The molecule has 17 heavy (non-hydrogen) atoms. The van der Waals surface area contributed by atoms with E-state index in [4.69, 9.17) is 15.9 Å². The van der Waals surface area contributed by atoms with Crippen molar-refractivity contribution in [3.05, 3.63) is 29.8 Å². The van der Waals surface area contributed by atoms with E-state index in [1.54, 1.807) is 19.2 Å². The van der Waals surface area contributed by atoms with Crippen LogP contribution in [-0.4, -0.2) is 25.2 Å². The zero-order valence-corrected chi connectivity index (χ0v) is 9.43. The number of amides is 1. The molecule has 0 aliphatic rings. The number of amidine groups is 1. The van der Waals surface area contributed by atoms with Crippen molar-refractivity contribution in [2.45, 2.75) is 6.54 Å². The van der Waals surface area contributed by atoms with E-state index in [1.807, 2.05) is 12.1 Å². The number of nitrogens with one attached hydrogen (secondary N) is 2. The number of ether oxygens (including phenoxy) is 1. The Bertz CT molecular complexity index is 426. The van der Waals surface area contributed by atoms with Gasteiger partial charge in [0.05, 0.1) is 13.4 Å². The van der Waals surface area contributed by atoms with E-state index in [0.717, 1.165) is 17.7 Å². The van der Waals surface area contributed by atoms with Crippen LogP contribution in [0.3, 0.4) is 0 Å². The Morgan fingerprint density at radius 3 is 2.71 bits per heavy atom. The molecule has 0 aromatic heterocycles. The van der Waals surface area contributed by atoms with E-state index in [-0.39, 0.29) is 0 Å². The minimum atomic E-state index is -0.567. The van der Waals surface area contributed by atoms with Crippen molar-refractivity contribution in [1.29, 1.82) is 5.41 Å². The topological polar surface area (TPSA) is 101 Å². The van der Waals surface area contributed by atoms with Crippen molar-refractivity contribution >= 4 is 18.1 Å². The fraction of sp³-hybridized carbons (Fsp3) is 0.182. The first-order valence-electron chi connectivity index (χ1n) is 4.91. The van der Waals surface area contributed by atoms with Crippen LogP contribution in [0.15, 0.2) is 29.3 Å². The summed E-state index contributed by atoms with van der Waals surface area (Å²) in [5.74, 6) is -0.232. The fourth-order valence-electron chi connectivity index (χ4n) is 1.14. The summed E-state index contributed by atoms with van der Waals surface area (Å²) < 4.78 is 5.01. The van der Waals surface area contributed by atoms with Crippen LogP contribution in [0.4, 0.5) is 0 Å². The lowest BCUT2D eigenvalue weighted by atomic mass is 10.2. The largest absolute Gasteiger partial charge is 0.497 e. The van der Waals surface area contributed by atoms with Gasteiger partial charge in [0, 0.05) is 6.54 Å². The molecule has 1 rings (SSSR count). The van der Waals surface area contributed by atoms with Gasteiger partial charge in [-0.25, -0.2) is 4.99 Å². The average molecular weight is 234 g/mol. The number of carbonyl (C=O) groups excluding carboxylic acids is 1. The van der Waals surface area contributed by atoms with Crippen molar-refractivity contribution in [2.24, 2.45) is 10.7 Å². The molecule has 6 heteroatoms. The Kier molecular flexibility index (Phi) is 4.68. The third-order valence-electron chi connectivity index (χ3n) is 2.03. The SMILES string of the molecule is COc1ccc(CNC(=O)C(=N)/N=C\N)cc1. The lowest BCUT2D eigenvalue weighted by molar-refractivity contribution is -0.115. The second kappa shape index (κ2) is 6.26. The standard InChI is InChI=1S/C11H14N4O2/c1-17-9-4-2-8(3-5-9)6-14-11(16)10(13)15-7-12/h2-5,7H,6H2,1H3,(H,14,16)(H3,12,13,15). The summed E-state index contributed by atoms with van der Waals surface area (Å²) in [7, 11) is 1.59. The predicted molar refractivity (Wildman–Crippen MR) is 65.2 cm³/mol. The summed E-state index contributed by atoms with van der Waals surface area (Å²) in [6, 6.07) is 7.25. The molecule has 0 saturated heterocycles. The Morgan fingerprint density at radius 1 is 1.53 bits per heavy atom. The van der Waals surface area contributed by atoms with Crippen LogP contribution in [0, 0.1) is 5.41 Å². The molecule has 6 nitrogen and oxygen atoms in total. The van der Waals surface area contributed by atoms with Gasteiger partial charge in [-0.2, -0.15) is 0 Å². The van der Waals surface area contributed by atoms with Gasteiger partial charge in [0.1, 0.15) is 5.75 Å². The van der Waals surface area contributed by atoms with Crippen molar-refractivity contribution in [2.75, 3.05) is 7.11 Å². The van der Waals surface area contributed by atoms with Gasteiger partial charge in [0.25, 0.3) is 5.91 Å². The maximum atomic E-state index is 11.3. The first kappa shape index (κ1) is 12.7. The van der Waals surface area contributed by atoms with Crippen molar-refractivity contribution in [3.8, 4) is 5.75 Å². The average Bonchev–Trinajstić information content (AvgIpc) is 2.36. The van der Waals surface area contributed by atoms with Crippen molar-refractivity contribution < 1.29 is 9.53 Å². The smallest absolute Gasteiger partial charge is 0.288 e. The van der Waals surface area contributed by atoms with Crippen molar-refractivity contribution in [1.82, 2.24) is 5.32 Å². The first-order chi connectivity index (χ1) is 8.17. The number of hydrogen-bond acceptors (Lipinski definition) is 3. The number of carbonyl (C=O) groups is 1. The highest BCUT2D eigenvalue weighted by Crippen LogP contribution is 2.10. The van der Waals surface area contributed by atoms with E-state index in [0.29, 0.717) is 6.54 Å². The first-order valence-corrected chi connectivity index (χ1v) is 4.91. The van der Waals surface area contributed by atoms with Gasteiger partial charge in [-0.05, 0) is 17.7 Å². The van der Waals surface area contributed by atoms with Crippen LogP contribution in [0.1, 0.15) is 5.56 Å². The maximum Gasteiger partial charge on any atom is 0.288 e. The quantitative estimate of drug-likeness (QED) is 0.517. The molecule has 1 aromatic carbocycles. The summed E-state index contributed by atoms with van der Waals surface area (Å²) in [5, 5.41) is 9.76. The van der Waals surface area contributed by atoms with Crippen molar-refractivity contribution in [3.63, 3.8) is 0 Å². The molecule has 0 fully saturated rings. The Labute approximate surface area is 99.0 Å². The second-order valence-corrected chi connectivity index (χ2v) is 3.16. The van der Waals surface area contributed by atoms with Gasteiger partial charge in [-0.15, -0.1) is 0 Å². The molecule has 4 N–H and O–H groups in total. The molecule has 0 unspecified atom stereocenters. The monoisotopic (exact) mass is 234 g/mol. The van der Waals surface area contributed by atoms with Gasteiger partial charge in [-0.3, -0.25) is 10.2 Å². The number of benzene rings is 1. The molecule has 0 atom stereocenters. The molecule has 0 aliphatic heterocycles. The highest BCUT2D eigenvalue weighted by Gasteiger charge is 2.06. The molecule has 0 saturated carbocycles. The number of nitrogens with zero attached hydrogens (tertiary/aromatic N) is 1. The number of aliphatic imine (C=N–C) groups is 1. The van der Waals surface area contributed by atoms with E-state index in [9.17, 15) is 4.79 Å². The van der Waals surface area contributed by atoms with Gasteiger partial charge in [0.15, 0.2) is 0 Å². The van der Waals surface area contributed by atoms with Crippen LogP contribution < -0.4 is 15.8 Å². The maximum absolute atomic E-state index is 11.3. The molecule has 0 aliphatic carbocycles. The summed E-state index contributed by atoms with van der Waals surface area (Å²) in [4.78, 5) is 14.7. The van der Waals surface area contributed by atoms with E-state index >= 15 is 0 Å².